The molecule has 1 unspecified atom stereocenters. The van der Waals surface area contributed by atoms with Crippen molar-refractivity contribution in [2.75, 3.05) is 19.9 Å². The van der Waals surface area contributed by atoms with Crippen molar-refractivity contribution < 1.29 is 4.74 Å². The molecular weight excluding hydrogens is 258 g/mol. The van der Waals surface area contributed by atoms with E-state index in [2.05, 4.69) is 16.5 Å². The lowest BCUT2D eigenvalue weighted by Crippen LogP contribution is -2.19. The average Bonchev–Trinajstić information content (AvgIpc) is 2.86. The number of methoxy groups -OCH3 is 1. The summed E-state index contributed by atoms with van der Waals surface area (Å²) in [7, 11) is 5.61. The van der Waals surface area contributed by atoms with Gasteiger partial charge in [-0.3, -0.25) is 4.68 Å². The molecule has 4 nitrogen and oxygen atoms in total. The van der Waals surface area contributed by atoms with Gasteiger partial charge in [0.1, 0.15) is 5.75 Å². The molecule has 0 saturated carbocycles. The van der Waals surface area contributed by atoms with Gasteiger partial charge in [-0.1, -0.05) is 18.2 Å². The van der Waals surface area contributed by atoms with Crippen molar-refractivity contribution in [1.29, 1.82) is 0 Å². The number of para-hydroxylation sites is 1. The van der Waals surface area contributed by atoms with Crippen molar-refractivity contribution in [1.82, 2.24) is 15.1 Å². The highest BCUT2D eigenvalue weighted by atomic mass is 32.2. The molecule has 0 aliphatic carbocycles. The highest BCUT2D eigenvalue weighted by Crippen LogP contribution is 2.29. The van der Waals surface area contributed by atoms with E-state index in [0.717, 1.165) is 11.5 Å². The first kappa shape index (κ1) is 14.0. The van der Waals surface area contributed by atoms with Crippen LogP contribution in [0, 0.1) is 0 Å². The number of thioether (sulfide) groups is 1. The van der Waals surface area contributed by atoms with Crippen molar-refractivity contribution in [2.24, 2.45) is 7.05 Å². The number of benzene rings is 1. The second-order valence-corrected chi connectivity index (χ2v) is 5.34. The molecule has 0 amide bonds. The first-order chi connectivity index (χ1) is 9.24. The zero-order valence-electron chi connectivity index (χ0n) is 11.5. The van der Waals surface area contributed by atoms with E-state index in [9.17, 15) is 0 Å². The van der Waals surface area contributed by atoms with Crippen molar-refractivity contribution in [3.8, 4) is 5.75 Å². The first-order valence-electron chi connectivity index (χ1n) is 6.16. The summed E-state index contributed by atoms with van der Waals surface area (Å²) in [5.41, 5.74) is 1.18. The van der Waals surface area contributed by atoms with E-state index in [4.69, 9.17) is 4.74 Å². The molecule has 0 fully saturated rings. The maximum absolute atomic E-state index is 5.42. The van der Waals surface area contributed by atoms with E-state index in [0.29, 0.717) is 0 Å². The van der Waals surface area contributed by atoms with E-state index in [1.807, 2.05) is 49.4 Å². The predicted octanol–water partition coefficient (Wildman–Crippen LogP) is 2.48. The summed E-state index contributed by atoms with van der Waals surface area (Å²) in [6.45, 7) is 0. The highest BCUT2D eigenvalue weighted by molar-refractivity contribution is 7.99. The SMILES string of the molecule is CNC(CSc1cnn(C)c1)c1ccccc1OC. The van der Waals surface area contributed by atoms with Crippen LogP contribution in [0.15, 0.2) is 41.6 Å². The van der Waals surface area contributed by atoms with Gasteiger partial charge in [0.25, 0.3) is 0 Å². The summed E-state index contributed by atoms with van der Waals surface area (Å²) in [6, 6.07) is 8.37. The zero-order chi connectivity index (χ0) is 13.7. The monoisotopic (exact) mass is 277 g/mol. The number of rotatable bonds is 6. The molecule has 0 aliphatic heterocycles. The minimum absolute atomic E-state index is 0.251. The lowest BCUT2D eigenvalue weighted by Gasteiger charge is -2.18. The summed E-state index contributed by atoms with van der Waals surface area (Å²) < 4.78 is 7.24. The van der Waals surface area contributed by atoms with Gasteiger partial charge in [0, 0.05) is 35.5 Å². The van der Waals surface area contributed by atoms with Gasteiger partial charge in [-0.2, -0.15) is 5.10 Å². The molecule has 5 heteroatoms. The molecule has 1 aromatic carbocycles. The van der Waals surface area contributed by atoms with Crippen LogP contribution in [0.1, 0.15) is 11.6 Å². The third-order valence-corrected chi connectivity index (χ3v) is 4.00. The summed E-state index contributed by atoms with van der Waals surface area (Å²) in [6.07, 6.45) is 3.92. The fourth-order valence-electron chi connectivity index (χ4n) is 1.94. The second-order valence-electron chi connectivity index (χ2n) is 4.24. The minimum atomic E-state index is 0.251. The van der Waals surface area contributed by atoms with Crippen molar-refractivity contribution in [2.45, 2.75) is 10.9 Å². The van der Waals surface area contributed by atoms with Crippen LogP contribution in [0.5, 0.6) is 5.75 Å². The largest absolute Gasteiger partial charge is 0.496 e. The van der Waals surface area contributed by atoms with E-state index in [1.54, 1.807) is 18.9 Å². The Morgan fingerprint density at radius 2 is 2.21 bits per heavy atom. The highest BCUT2D eigenvalue weighted by Gasteiger charge is 2.14. The maximum Gasteiger partial charge on any atom is 0.123 e. The van der Waals surface area contributed by atoms with Gasteiger partial charge in [0.2, 0.25) is 0 Å². The quantitative estimate of drug-likeness (QED) is 0.823. The number of aromatic nitrogens is 2. The Kier molecular flexibility index (Phi) is 4.87. The van der Waals surface area contributed by atoms with E-state index in [1.165, 1.54) is 10.5 Å². The molecule has 1 atom stereocenters. The molecule has 0 bridgehead atoms. The standard InChI is InChI=1S/C14H19N3OS/c1-15-13(10-19-11-8-16-17(2)9-11)12-6-4-5-7-14(12)18-3/h4-9,13,15H,10H2,1-3H3. The van der Waals surface area contributed by atoms with Gasteiger partial charge in [-0.05, 0) is 13.1 Å². The number of hydrogen-bond donors (Lipinski definition) is 1. The van der Waals surface area contributed by atoms with Gasteiger partial charge in [0.05, 0.1) is 13.3 Å². The smallest absolute Gasteiger partial charge is 0.123 e. The molecule has 19 heavy (non-hydrogen) atoms. The molecule has 102 valence electrons. The van der Waals surface area contributed by atoms with Crippen molar-refractivity contribution in [3.05, 3.63) is 42.2 Å². The molecule has 0 aliphatic rings. The van der Waals surface area contributed by atoms with Gasteiger partial charge in [0.15, 0.2) is 0 Å². The van der Waals surface area contributed by atoms with E-state index >= 15 is 0 Å². The Morgan fingerprint density at radius 1 is 1.42 bits per heavy atom. The van der Waals surface area contributed by atoms with Crippen LogP contribution < -0.4 is 10.1 Å². The van der Waals surface area contributed by atoms with Crippen LogP contribution >= 0.6 is 11.8 Å². The summed E-state index contributed by atoms with van der Waals surface area (Å²) >= 11 is 1.79. The Labute approximate surface area is 118 Å². The minimum Gasteiger partial charge on any atom is -0.496 e. The molecule has 2 aromatic rings. The average molecular weight is 277 g/mol. The van der Waals surface area contributed by atoms with Gasteiger partial charge < -0.3 is 10.1 Å². The van der Waals surface area contributed by atoms with Crippen LogP contribution in [-0.2, 0) is 7.05 Å². The lowest BCUT2D eigenvalue weighted by molar-refractivity contribution is 0.404. The van der Waals surface area contributed by atoms with Crippen LogP contribution in [0.2, 0.25) is 0 Å². The Hall–Kier alpha value is -1.46. The zero-order valence-corrected chi connectivity index (χ0v) is 12.3. The lowest BCUT2D eigenvalue weighted by atomic mass is 10.1. The van der Waals surface area contributed by atoms with E-state index < -0.39 is 0 Å². The Balaban J connectivity index is 2.07. The number of aryl methyl sites for hydroxylation is 1. The Bertz CT molecular complexity index is 527. The fraction of sp³-hybridized carbons (Fsp3) is 0.357. The van der Waals surface area contributed by atoms with Crippen LogP contribution in [0.25, 0.3) is 0 Å². The van der Waals surface area contributed by atoms with Gasteiger partial charge in [-0.15, -0.1) is 11.8 Å². The molecule has 0 saturated heterocycles. The summed E-state index contributed by atoms with van der Waals surface area (Å²) in [5, 5.41) is 7.52. The van der Waals surface area contributed by atoms with Gasteiger partial charge >= 0.3 is 0 Å². The topological polar surface area (TPSA) is 39.1 Å². The van der Waals surface area contributed by atoms with Crippen LogP contribution in [0.4, 0.5) is 0 Å². The van der Waals surface area contributed by atoms with Crippen molar-refractivity contribution >= 4 is 11.8 Å². The number of nitrogens with zero attached hydrogens (tertiary/aromatic N) is 2. The van der Waals surface area contributed by atoms with E-state index in [-0.39, 0.29) is 6.04 Å². The molecule has 1 aromatic heterocycles. The molecule has 0 spiro atoms. The molecule has 0 radical (unpaired) electrons. The Morgan fingerprint density at radius 3 is 2.84 bits per heavy atom. The summed E-state index contributed by atoms with van der Waals surface area (Å²) in [5.74, 6) is 1.86. The molecule has 1 N–H and O–H groups in total. The number of ether oxygens (including phenoxy) is 1. The normalized spacial score (nSPS) is 12.4. The number of hydrogen-bond acceptors (Lipinski definition) is 4. The molecule has 2 rings (SSSR count). The molecular formula is C14H19N3OS. The summed E-state index contributed by atoms with van der Waals surface area (Å²) in [4.78, 5) is 1.18. The third-order valence-electron chi connectivity index (χ3n) is 2.96. The predicted molar refractivity (Wildman–Crippen MR) is 78.7 cm³/mol. The number of nitrogens with one attached hydrogen (secondary N) is 1. The van der Waals surface area contributed by atoms with Gasteiger partial charge in [-0.25, -0.2) is 0 Å². The second kappa shape index (κ2) is 6.63. The molecule has 1 heterocycles. The van der Waals surface area contributed by atoms with Crippen LogP contribution in [0.3, 0.4) is 0 Å². The maximum atomic E-state index is 5.42. The van der Waals surface area contributed by atoms with Crippen molar-refractivity contribution in [3.63, 3.8) is 0 Å². The third kappa shape index (κ3) is 3.52. The fourth-order valence-corrected chi connectivity index (χ4v) is 2.99. The van der Waals surface area contributed by atoms with Crippen LogP contribution in [-0.4, -0.2) is 29.7 Å². The first-order valence-corrected chi connectivity index (χ1v) is 7.14.